The Kier molecular flexibility index (Phi) is 5.57. The van der Waals surface area contributed by atoms with Gasteiger partial charge in [-0.1, -0.05) is 20.8 Å². The molecule has 0 amide bonds. The fourth-order valence-electron chi connectivity index (χ4n) is 1.11. The molecule has 0 aromatic rings. The van der Waals surface area contributed by atoms with E-state index in [1.807, 2.05) is 0 Å². The lowest BCUT2D eigenvalue weighted by Gasteiger charge is -2.23. The molecule has 0 aliphatic carbocycles. The monoisotopic (exact) mass is 157 g/mol. The zero-order valence-corrected chi connectivity index (χ0v) is 8.72. The molecule has 0 aromatic heterocycles. The number of nitrogens with zero attached hydrogens (tertiary/aromatic N) is 1. The van der Waals surface area contributed by atoms with E-state index < -0.39 is 0 Å². The highest BCUT2D eigenvalue weighted by Gasteiger charge is 2.06. The normalized spacial score (nSPS) is 14.5. The standard InChI is InChI=1S/C10H23N/c1-6-11(5)10(4)8-7-9(2)3/h9-10H,6-8H2,1-5H3. The van der Waals surface area contributed by atoms with Crippen LogP contribution in [0.25, 0.3) is 0 Å². The van der Waals surface area contributed by atoms with Gasteiger partial charge in [-0.15, -0.1) is 0 Å². The van der Waals surface area contributed by atoms with Crippen LogP contribution in [0.4, 0.5) is 0 Å². The van der Waals surface area contributed by atoms with Gasteiger partial charge in [0.1, 0.15) is 0 Å². The molecule has 0 aromatic carbocycles. The highest BCUT2D eigenvalue weighted by Crippen LogP contribution is 2.09. The van der Waals surface area contributed by atoms with Crippen LogP contribution in [0.1, 0.15) is 40.5 Å². The van der Waals surface area contributed by atoms with Gasteiger partial charge in [0.05, 0.1) is 0 Å². The van der Waals surface area contributed by atoms with E-state index in [9.17, 15) is 0 Å². The second kappa shape index (κ2) is 5.59. The molecule has 0 rings (SSSR count). The molecule has 0 aliphatic rings. The van der Waals surface area contributed by atoms with Gasteiger partial charge in [-0.3, -0.25) is 0 Å². The van der Waals surface area contributed by atoms with Gasteiger partial charge < -0.3 is 4.90 Å². The summed E-state index contributed by atoms with van der Waals surface area (Å²) in [6.45, 7) is 10.3. The highest BCUT2D eigenvalue weighted by molar-refractivity contribution is 4.62. The van der Waals surface area contributed by atoms with Crippen molar-refractivity contribution >= 4 is 0 Å². The van der Waals surface area contributed by atoms with Crippen LogP contribution in [0.3, 0.4) is 0 Å². The summed E-state index contributed by atoms with van der Waals surface area (Å²) in [4.78, 5) is 2.41. The zero-order valence-electron chi connectivity index (χ0n) is 8.72. The highest BCUT2D eigenvalue weighted by atomic mass is 15.1. The third-order valence-corrected chi connectivity index (χ3v) is 2.41. The molecular weight excluding hydrogens is 134 g/mol. The Bertz CT molecular complexity index is 88.9. The first-order valence-electron chi connectivity index (χ1n) is 4.78. The molecule has 0 fully saturated rings. The summed E-state index contributed by atoms with van der Waals surface area (Å²) in [6.07, 6.45) is 2.69. The minimum Gasteiger partial charge on any atom is -0.304 e. The zero-order chi connectivity index (χ0) is 8.85. The third kappa shape index (κ3) is 5.25. The maximum atomic E-state index is 2.41. The summed E-state index contributed by atoms with van der Waals surface area (Å²) in [5, 5.41) is 0. The molecule has 0 bridgehead atoms. The van der Waals surface area contributed by atoms with Gasteiger partial charge in [-0.2, -0.15) is 0 Å². The Hall–Kier alpha value is -0.0400. The van der Waals surface area contributed by atoms with Gasteiger partial charge in [0.2, 0.25) is 0 Å². The van der Waals surface area contributed by atoms with Crippen molar-refractivity contribution in [3.05, 3.63) is 0 Å². The lowest BCUT2D eigenvalue weighted by Crippen LogP contribution is -2.28. The minimum atomic E-state index is 0.752. The Balaban J connectivity index is 3.43. The van der Waals surface area contributed by atoms with Crippen LogP contribution in [-0.4, -0.2) is 24.5 Å². The van der Waals surface area contributed by atoms with Gasteiger partial charge in [-0.05, 0) is 39.3 Å². The quantitative estimate of drug-likeness (QED) is 0.593. The van der Waals surface area contributed by atoms with Crippen molar-refractivity contribution in [3.63, 3.8) is 0 Å². The lowest BCUT2D eigenvalue weighted by atomic mass is 10.0. The Morgan fingerprint density at radius 1 is 1.09 bits per heavy atom. The lowest BCUT2D eigenvalue weighted by molar-refractivity contribution is 0.247. The van der Waals surface area contributed by atoms with Crippen molar-refractivity contribution in [2.75, 3.05) is 13.6 Å². The fraction of sp³-hybridized carbons (Fsp3) is 1.00. The van der Waals surface area contributed by atoms with Crippen LogP contribution in [0.15, 0.2) is 0 Å². The summed E-state index contributed by atoms with van der Waals surface area (Å²) in [7, 11) is 2.20. The fourth-order valence-corrected chi connectivity index (χ4v) is 1.11. The van der Waals surface area contributed by atoms with Crippen molar-refractivity contribution < 1.29 is 0 Å². The van der Waals surface area contributed by atoms with Crippen LogP contribution in [0.5, 0.6) is 0 Å². The van der Waals surface area contributed by atoms with Crippen molar-refractivity contribution in [3.8, 4) is 0 Å². The Morgan fingerprint density at radius 3 is 2.00 bits per heavy atom. The molecular formula is C10H23N. The maximum Gasteiger partial charge on any atom is 0.00638 e. The molecule has 1 atom stereocenters. The van der Waals surface area contributed by atoms with Crippen LogP contribution in [0.2, 0.25) is 0 Å². The molecule has 0 radical (unpaired) electrons. The molecule has 0 saturated carbocycles. The van der Waals surface area contributed by atoms with E-state index in [1.54, 1.807) is 0 Å². The Labute approximate surface area is 71.8 Å². The van der Waals surface area contributed by atoms with E-state index in [4.69, 9.17) is 0 Å². The van der Waals surface area contributed by atoms with E-state index >= 15 is 0 Å². The van der Waals surface area contributed by atoms with Gasteiger partial charge in [0.25, 0.3) is 0 Å². The van der Waals surface area contributed by atoms with Crippen LogP contribution in [0, 0.1) is 5.92 Å². The predicted octanol–water partition coefficient (Wildman–Crippen LogP) is 2.76. The van der Waals surface area contributed by atoms with Crippen molar-refractivity contribution in [1.29, 1.82) is 0 Å². The summed E-state index contributed by atoms with van der Waals surface area (Å²) in [6, 6.07) is 0.752. The predicted molar refractivity (Wildman–Crippen MR) is 51.8 cm³/mol. The summed E-state index contributed by atoms with van der Waals surface area (Å²) >= 11 is 0. The summed E-state index contributed by atoms with van der Waals surface area (Å²) < 4.78 is 0. The molecule has 1 nitrogen and oxygen atoms in total. The van der Waals surface area contributed by atoms with E-state index in [0.717, 1.165) is 12.0 Å². The molecule has 0 N–H and O–H groups in total. The maximum absolute atomic E-state index is 2.41. The molecule has 0 spiro atoms. The van der Waals surface area contributed by atoms with Crippen molar-refractivity contribution in [2.45, 2.75) is 46.6 Å². The van der Waals surface area contributed by atoms with Crippen molar-refractivity contribution in [2.24, 2.45) is 5.92 Å². The van der Waals surface area contributed by atoms with E-state index in [0.29, 0.717) is 0 Å². The summed E-state index contributed by atoms with van der Waals surface area (Å²) in [5.74, 6) is 0.850. The van der Waals surface area contributed by atoms with Crippen molar-refractivity contribution in [1.82, 2.24) is 4.90 Å². The molecule has 11 heavy (non-hydrogen) atoms. The largest absolute Gasteiger partial charge is 0.304 e. The average Bonchev–Trinajstić information content (AvgIpc) is 1.98. The number of rotatable bonds is 5. The minimum absolute atomic E-state index is 0.752. The van der Waals surface area contributed by atoms with E-state index in [1.165, 1.54) is 19.4 Å². The first-order chi connectivity index (χ1) is 5.07. The van der Waals surface area contributed by atoms with E-state index in [-0.39, 0.29) is 0 Å². The third-order valence-electron chi connectivity index (χ3n) is 2.41. The van der Waals surface area contributed by atoms with E-state index in [2.05, 4.69) is 39.6 Å². The topological polar surface area (TPSA) is 3.24 Å². The van der Waals surface area contributed by atoms with Gasteiger partial charge >= 0.3 is 0 Å². The first-order valence-corrected chi connectivity index (χ1v) is 4.78. The molecule has 1 heteroatoms. The molecule has 0 saturated heterocycles. The SMILES string of the molecule is CCN(C)C(C)CCC(C)C. The smallest absolute Gasteiger partial charge is 0.00638 e. The molecule has 0 heterocycles. The van der Waals surface area contributed by atoms with Gasteiger partial charge in [-0.25, -0.2) is 0 Å². The molecule has 0 aliphatic heterocycles. The summed E-state index contributed by atoms with van der Waals surface area (Å²) in [5.41, 5.74) is 0. The second-order valence-corrected chi connectivity index (χ2v) is 3.89. The van der Waals surface area contributed by atoms with Crippen LogP contribution in [-0.2, 0) is 0 Å². The van der Waals surface area contributed by atoms with Gasteiger partial charge in [0, 0.05) is 6.04 Å². The number of hydrogen-bond donors (Lipinski definition) is 0. The second-order valence-electron chi connectivity index (χ2n) is 3.89. The van der Waals surface area contributed by atoms with Crippen LogP contribution < -0.4 is 0 Å². The van der Waals surface area contributed by atoms with Gasteiger partial charge in [0.15, 0.2) is 0 Å². The Morgan fingerprint density at radius 2 is 1.64 bits per heavy atom. The number of hydrogen-bond acceptors (Lipinski definition) is 1. The molecule has 1 unspecified atom stereocenters. The average molecular weight is 157 g/mol. The first kappa shape index (κ1) is 11.0. The molecule has 68 valence electrons. The van der Waals surface area contributed by atoms with Crippen LogP contribution >= 0.6 is 0 Å².